The van der Waals surface area contributed by atoms with E-state index in [1.54, 1.807) is 15.9 Å². The van der Waals surface area contributed by atoms with Gasteiger partial charge in [-0.1, -0.05) is 83.3 Å². The standard InChI is InChI=1S/C41H45Cl3F3N3O4/c1-24-9-10-25(2)36(26(24)3)53-18-17-27-11-13-29(14-12-27)33-20-32-21-48-22-34(50(32)38(52)54-39(4,5)41(42,43)44)35(33)37(51)49(31-15-16-31)23-28-7-6-8-30(19-28)40(45,46)47/h6-14,19,31-32,34,48H,15-18,20-23H2,1-5H3/t32?,34-/m1/s1. The van der Waals surface area contributed by atoms with Crippen molar-refractivity contribution in [2.45, 2.75) is 101 Å². The number of piperazine rings is 1. The fraction of sp³-hybridized carbons (Fsp3) is 0.463. The summed E-state index contributed by atoms with van der Waals surface area (Å²) in [6, 6.07) is 15.9. The normalized spacial score (nSPS) is 19.1. The second kappa shape index (κ2) is 15.6. The largest absolute Gasteiger partial charge is 0.493 e. The van der Waals surface area contributed by atoms with Crippen LogP contribution in [0.5, 0.6) is 5.75 Å². The van der Waals surface area contributed by atoms with Crippen LogP contribution in [-0.4, -0.2) is 69.0 Å². The van der Waals surface area contributed by atoms with E-state index in [1.807, 2.05) is 31.2 Å². The number of hydrogen-bond donors (Lipinski definition) is 1. The number of hydrogen-bond acceptors (Lipinski definition) is 5. The van der Waals surface area contributed by atoms with Crippen molar-refractivity contribution in [3.8, 4) is 5.75 Å². The maximum Gasteiger partial charge on any atom is 0.416 e. The van der Waals surface area contributed by atoms with E-state index in [4.69, 9.17) is 44.3 Å². The lowest BCUT2D eigenvalue weighted by atomic mass is 9.81. The number of aryl methyl sites for hydroxylation is 2. The Morgan fingerprint density at radius 1 is 0.926 bits per heavy atom. The Morgan fingerprint density at radius 2 is 1.61 bits per heavy atom. The van der Waals surface area contributed by atoms with Crippen molar-refractivity contribution in [2.75, 3.05) is 19.7 Å². The van der Waals surface area contributed by atoms with Gasteiger partial charge in [0.2, 0.25) is 3.79 Å². The zero-order chi connectivity index (χ0) is 39.2. The highest BCUT2D eigenvalue weighted by Gasteiger charge is 2.50. The van der Waals surface area contributed by atoms with Crippen LogP contribution in [-0.2, 0) is 28.7 Å². The number of halogens is 6. The third-order valence-electron chi connectivity index (χ3n) is 10.7. The van der Waals surface area contributed by atoms with Crippen LogP contribution in [0.4, 0.5) is 18.0 Å². The quantitative estimate of drug-likeness (QED) is 0.207. The van der Waals surface area contributed by atoms with Crippen LogP contribution in [0.1, 0.15) is 72.1 Å². The van der Waals surface area contributed by atoms with Crippen molar-refractivity contribution in [2.24, 2.45) is 0 Å². The number of alkyl halides is 6. The summed E-state index contributed by atoms with van der Waals surface area (Å²) in [4.78, 5) is 32.1. The molecule has 54 heavy (non-hydrogen) atoms. The SMILES string of the molecule is Cc1ccc(C)c(OCCc2ccc(C3=C(C(=O)N(Cc4cccc(C(F)(F)F)c4)C4CC4)[C@H]4CNCC(C3)N4C(=O)OC(C)(C)C(Cl)(Cl)Cl)cc2)c1C. The van der Waals surface area contributed by atoms with E-state index >= 15 is 0 Å². The van der Waals surface area contributed by atoms with Crippen molar-refractivity contribution in [3.63, 3.8) is 0 Å². The van der Waals surface area contributed by atoms with Gasteiger partial charge in [-0.25, -0.2) is 4.79 Å². The maximum absolute atomic E-state index is 14.9. The summed E-state index contributed by atoms with van der Waals surface area (Å²) < 4.78 is 51.1. The zero-order valence-corrected chi connectivity index (χ0v) is 33.2. The molecular formula is C41H45Cl3F3N3O4. The molecule has 1 saturated heterocycles. The van der Waals surface area contributed by atoms with Gasteiger partial charge in [-0.3, -0.25) is 9.69 Å². The number of carbonyl (C=O) groups is 2. The Bertz CT molecular complexity index is 1920. The molecule has 13 heteroatoms. The van der Waals surface area contributed by atoms with Crippen molar-refractivity contribution >= 4 is 52.4 Å². The molecule has 0 radical (unpaired) electrons. The minimum absolute atomic E-state index is 0.0165. The van der Waals surface area contributed by atoms with E-state index in [0.29, 0.717) is 37.1 Å². The number of ether oxygens (including phenoxy) is 2. The summed E-state index contributed by atoms with van der Waals surface area (Å²) >= 11 is 18.5. The predicted octanol–water partition coefficient (Wildman–Crippen LogP) is 9.53. The smallest absolute Gasteiger partial charge is 0.416 e. The molecule has 2 atom stereocenters. The molecule has 2 amide bonds. The monoisotopic (exact) mass is 805 g/mol. The van der Waals surface area contributed by atoms with E-state index in [2.05, 4.69) is 31.3 Å². The van der Waals surface area contributed by atoms with Crippen LogP contribution in [0.15, 0.2) is 66.2 Å². The van der Waals surface area contributed by atoms with Crippen LogP contribution >= 0.6 is 34.8 Å². The van der Waals surface area contributed by atoms with Gasteiger partial charge in [0, 0.05) is 37.7 Å². The molecule has 0 spiro atoms. The lowest BCUT2D eigenvalue weighted by Crippen LogP contribution is -2.64. The average molecular weight is 807 g/mol. The van der Waals surface area contributed by atoms with E-state index in [0.717, 1.165) is 58.6 Å². The van der Waals surface area contributed by atoms with Crippen LogP contribution in [0.3, 0.4) is 0 Å². The molecule has 1 N–H and O–H groups in total. The van der Waals surface area contributed by atoms with Gasteiger partial charge in [-0.15, -0.1) is 0 Å². The maximum atomic E-state index is 14.9. The molecule has 1 unspecified atom stereocenters. The van der Waals surface area contributed by atoms with Crippen LogP contribution in [0.2, 0.25) is 0 Å². The van der Waals surface area contributed by atoms with Crippen molar-refractivity contribution in [1.29, 1.82) is 0 Å². The van der Waals surface area contributed by atoms with E-state index in [-0.39, 0.29) is 31.1 Å². The minimum atomic E-state index is -4.52. The second-order valence-electron chi connectivity index (χ2n) is 15.0. The van der Waals surface area contributed by atoms with Crippen molar-refractivity contribution < 1.29 is 32.2 Å². The topological polar surface area (TPSA) is 71.1 Å². The molecule has 3 aromatic carbocycles. The van der Waals surface area contributed by atoms with Crippen LogP contribution < -0.4 is 10.1 Å². The van der Waals surface area contributed by atoms with E-state index < -0.39 is 33.3 Å². The van der Waals surface area contributed by atoms with Gasteiger partial charge < -0.3 is 19.7 Å². The number of carbonyl (C=O) groups excluding carboxylic acids is 2. The number of fused-ring (bicyclic) bond motifs is 2. The molecule has 2 heterocycles. The number of benzene rings is 3. The summed E-state index contributed by atoms with van der Waals surface area (Å²) in [7, 11) is 0. The summed E-state index contributed by atoms with van der Waals surface area (Å²) in [5, 5.41) is 3.36. The fourth-order valence-corrected chi connectivity index (χ4v) is 7.30. The lowest BCUT2D eigenvalue weighted by Gasteiger charge is -2.48. The Kier molecular flexibility index (Phi) is 11.6. The summed E-state index contributed by atoms with van der Waals surface area (Å²) in [6.45, 7) is 10.3. The first kappa shape index (κ1) is 40.2. The summed E-state index contributed by atoms with van der Waals surface area (Å²) in [5.41, 5.74) is 4.52. The predicted molar refractivity (Wildman–Crippen MR) is 206 cm³/mol. The molecule has 2 aliphatic heterocycles. The molecule has 1 aliphatic carbocycles. The zero-order valence-electron chi connectivity index (χ0n) is 31.0. The molecule has 0 aromatic heterocycles. The fourth-order valence-electron chi connectivity index (χ4n) is 7.19. The minimum Gasteiger partial charge on any atom is -0.493 e. The molecule has 3 aliphatic rings. The first-order chi connectivity index (χ1) is 25.4. The number of nitrogens with zero attached hydrogens (tertiary/aromatic N) is 2. The second-order valence-corrected chi connectivity index (χ2v) is 17.3. The van der Waals surface area contributed by atoms with E-state index in [1.165, 1.54) is 25.5 Å². The highest BCUT2D eigenvalue weighted by atomic mass is 35.6. The first-order valence-corrected chi connectivity index (χ1v) is 19.3. The van der Waals surface area contributed by atoms with Gasteiger partial charge in [0.05, 0.1) is 24.3 Å². The summed E-state index contributed by atoms with van der Waals surface area (Å²) in [5.74, 6) is 0.560. The number of rotatable bonds is 10. The third kappa shape index (κ3) is 8.67. The van der Waals surface area contributed by atoms with Gasteiger partial charge in [-0.05, 0) is 105 Å². The third-order valence-corrected chi connectivity index (χ3v) is 12.0. The van der Waals surface area contributed by atoms with Crippen LogP contribution in [0, 0.1) is 20.8 Å². The molecule has 1 saturated carbocycles. The average Bonchev–Trinajstić information content (AvgIpc) is 3.95. The lowest BCUT2D eigenvalue weighted by molar-refractivity contribution is -0.137. The Morgan fingerprint density at radius 3 is 2.26 bits per heavy atom. The first-order valence-electron chi connectivity index (χ1n) is 18.1. The Hall–Kier alpha value is -3.44. The van der Waals surface area contributed by atoms with Gasteiger partial charge in [0.1, 0.15) is 5.75 Å². The van der Waals surface area contributed by atoms with Crippen molar-refractivity contribution in [3.05, 3.63) is 105 Å². The molecule has 7 nitrogen and oxygen atoms in total. The highest BCUT2D eigenvalue weighted by Crippen LogP contribution is 2.44. The Balaban J connectivity index is 1.34. The van der Waals surface area contributed by atoms with Gasteiger partial charge >= 0.3 is 12.3 Å². The van der Waals surface area contributed by atoms with Gasteiger partial charge in [0.25, 0.3) is 5.91 Å². The molecule has 2 fully saturated rings. The summed E-state index contributed by atoms with van der Waals surface area (Å²) in [6.07, 6.45) is -2.81. The number of amides is 2. The molecule has 6 rings (SSSR count). The number of nitrogens with one attached hydrogen (secondary N) is 1. The molecular weight excluding hydrogens is 762 g/mol. The van der Waals surface area contributed by atoms with Gasteiger partial charge in [-0.2, -0.15) is 13.2 Å². The van der Waals surface area contributed by atoms with Gasteiger partial charge in [0.15, 0.2) is 5.60 Å². The molecule has 2 bridgehead atoms. The molecule has 3 aromatic rings. The molecule has 290 valence electrons. The highest BCUT2D eigenvalue weighted by molar-refractivity contribution is 6.68. The van der Waals surface area contributed by atoms with Crippen LogP contribution in [0.25, 0.3) is 5.57 Å². The van der Waals surface area contributed by atoms with E-state index in [9.17, 15) is 22.8 Å². The Labute approximate surface area is 329 Å². The van der Waals surface area contributed by atoms with Crippen molar-refractivity contribution in [1.82, 2.24) is 15.1 Å².